The first-order valence-corrected chi connectivity index (χ1v) is 7.30. The van der Waals surface area contributed by atoms with Gasteiger partial charge in [0, 0.05) is 36.4 Å². The molecule has 1 atom stereocenters. The summed E-state index contributed by atoms with van der Waals surface area (Å²) in [7, 11) is 0. The van der Waals surface area contributed by atoms with Crippen LogP contribution in [0.25, 0.3) is 0 Å². The van der Waals surface area contributed by atoms with Crippen LogP contribution in [0.15, 0.2) is 34.7 Å². The molecule has 0 aromatic carbocycles. The van der Waals surface area contributed by atoms with Crippen molar-refractivity contribution in [2.45, 2.75) is 32.9 Å². The summed E-state index contributed by atoms with van der Waals surface area (Å²) in [5.74, 6) is -0.0705. The van der Waals surface area contributed by atoms with E-state index in [0.29, 0.717) is 13.0 Å². The van der Waals surface area contributed by atoms with Gasteiger partial charge in [0.1, 0.15) is 0 Å². The summed E-state index contributed by atoms with van der Waals surface area (Å²) in [5, 5.41) is 4.71. The maximum Gasteiger partial charge on any atom is 0.307 e. The van der Waals surface area contributed by atoms with Crippen molar-refractivity contribution in [2.75, 3.05) is 0 Å². The fourth-order valence-corrected chi connectivity index (χ4v) is 2.68. The number of carbonyl (C=O) groups excluding carboxylic acids is 1. The summed E-state index contributed by atoms with van der Waals surface area (Å²) in [6.45, 7) is 4.20. The molecule has 2 rings (SSSR count). The third-order valence-corrected chi connectivity index (χ3v) is 3.98. The van der Waals surface area contributed by atoms with E-state index in [9.17, 15) is 9.59 Å². The smallest absolute Gasteiger partial charge is 0.307 e. The van der Waals surface area contributed by atoms with E-state index in [4.69, 9.17) is 0 Å². The summed E-state index contributed by atoms with van der Waals surface area (Å²) >= 11 is 1.16. The van der Waals surface area contributed by atoms with Crippen molar-refractivity contribution in [2.24, 2.45) is 0 Å². The highest BCUT2D eigenvalue weighted by molar-refractivity contribution is 7.07. The van der Waals surface area contributed by atoms with E-state index in [1.54, 1.807) is 22.3 Å². The van der Waals surface area contributed by atoms with E-state index in [-0.39, 0.29) is 16.8 Å². The van der Waals surface area contributed by atoms with Gasteiger partial charge in [0.25, 0.3) is 0 Å². The highest BCUT2D eigenvalue weighted by Crippen LogP contribution is 2.10. The monoisotopic (exact) mass is 291 g/mol. The largest absolute Gasteiger partial charge is 0.349 e. The fourth-order valence-electron chi connectivity index (χ4n) is 1.92. The minimum atomic E-state index is -0.0866. The number of nitrogens with zero attached hydrogens (tertiary/aromatic N) is 2. The van der Waals surface area contributed by atoms with Crippen molar-refractivity contribution < 1.29 is 4.79 Å². The number of hydrogen-bond donors (Lipinski definition) is 1. The quantitative estimate of drug-likeness (QED) is 0.915. The van der Waals surface area contributed by atoms with Crippen molar-refractivity contribution in [3.8, 4) is 0 Å². The van der Waals surface area contributed by atoms with Gasteiger partial charge in [0.15, 0.2) is 0 Å². The second-order valence-electron chi connectivity index (χ2n) is 4.62. The van der Waals surface area contributed by atoms with Gasteiger partial charge in [0.2, 0.25) is 5.91 Å². The number of aromatic nitrogens is 2. The van der Waals surface area contributed by atoms with E-state index in [1.165, 1.54) is 0 Å². The Morgan fingerprint density at radius 1 is 1.55 bits per heavy atom. The molecule has 106 valence electrons. The molecule has 0 saturated carbocycles. The number of carbonyl (C=O) groups is 1. The Bertz CT molecular complexity index is 633. The molecule has 0 bridgehead atoms. The van der Waals surface area contributed by atoms with Crippen LogP contribution in [-0.4, -0.2) is 15.5 Å². The topological polar surface area (TPSA) is 64.0 Å². The molecule has 1 unspecified atom stereocenters. The first-order chi connectivity index (χ1) is 9.58. The Labute approximate surface area is 121 Å². The minimum Gasteiger partial charge on any atom is -0.349 e. The molecule has 0 aliphatic carbocycles. The van der Waals surface area contributed by atoms with Gasteiger partial charge in [-0.05, 0) is 25.5 Å². The minimum absolute atomic E-state index is 0.0180. The molecule has 2 aromatic rings. The van der Waals surface area contributed by atoms with Gasteiger partial charge in [-0.2, -0.15) is 0 Å². The van der Waals surface area contributed by atoms with Crippen molar-refractivity contribution in [3.05, 3.63) is 50.8 Å². The number of rotatable bonds is 5. The molecule has 0 aliphatic heterocycles. The molecule has 0 radical (unpaired) electrons. The zero-order valence-corrected chi connectivity index (χ0v) is 12.3. The number of amides is 1. The van der Waals surface area contributed by atoms with Crippen LogP contribution in [-0.2, 0) is 11.3 Å². The van der Waals surface area contributed by atoms with Crippen LogP contribution in [0.1, 0.15) is 30.6 Å². The summed E-state index contributed by atoms with van der Waals surface area (Å²) < 4.78 is 1.62. The number of nitrogens with one attached hydrogen (secondary N) is 1. The van der Waals surface area contributed by atoms with Crippen LogP contribution in [0.4, 0.5) is 0 Å². The molecular formula is C14H17N3O2S. The Hall–Kier alpha value is -1.95. The van der Waals surface area contributed by atoms with E-state index < -0.39 is 0 Å². The fraction of sp³-hybridized carbons (Fsp3) is 0.357. The maximum atomic E-state index is 11.9. The standard InChI is InChI=1S/C14H17N3O2S/c1-10-9-20-14(19)17(10)7-5-13(18)16-11(2)12-4-3-6-15-8-12/h3-4,6,8-9,11H,5,7H2,1-2H3,(H,16,18). The lowest BCUT2D eigenvalue weighted by Crippen LogP contribution is -2.28. The number of thiazole rings is 1. The van der Waals surface area contributed by atoms with Gasteiger partial charge in [0.05, 0.1) is 6.04 Å². The SMILES string of the molecule is Cc1csc(=O)n1CCC(=O)NC(C)c1cccnc1. The summed E-state index contributed by atoms with van der Waals surface area (Å²) in [6, 6.07) is 3.68. The lowest BCUT2D eigenvalue weighted by Gasteiger charge is -2.14. The Kier molecular flexibility index (Phi) is 4.68. The molecule has 0 fully saturated rings. The number of aryl methyl sites for hydroxylation is 1. The second-order valence-corrected chi connectivity index (χ2v) is 5.44. The predicted octanol–water partition coefficient (Wildman–Crippen LogP) is 1.88. The van der Waals surface area contributed by atoms with Crippen LogP contribution in [0.5, 0.6) is 0 Å². The predicted molar refractivity (Wildman–Crippen MR) is 78.7 cm³/mol. The van der Waals surface area contributed by atoms with E-state index in [2.05, 4.69) is 10.3 Å². The first kappa shape index (κ1) is 14.5. The molecule has 1 amide bonds. The highest BCUT2D eigenvalue weighted by atomic mass is 32.1. The van der Waals surface area contributed by atoms with Crippen molar-refractivity contribution in [3.63, 3.8) is 0 Å². The molecule has 0 aliphatic rings. The average Bonchev–Trinajstić information content (AvgIpc) is 2.77. The molecular weight excluding hydrogens is 274 g/mol. The Morgan fingerprint density at radius 2 is 2.35 bits per heavy atom. The lowest BCUT2D eigenvalue weighted by molar-refractivity contribution is -0.121. The van der Waals surface area contributed by atoms with Crippen molar-refractivity contribution in [1.82, 2.24) is 14.9 Å². The molecule has 0 saturated heterocycles. The van der Waals surface area contributed by atoms with E-state index in [0.717, 1.165) is 22.6 Å². The normalized spacial score (nSPS) is 12.1. The Balaban J connectivity index is 1.89. The van der Waals surface area contributed by atoms with Gasteiger partial charge in [-0.3, -0.25) is 14.6 Å². The van der Waals surface area contributed by atoms with E-state index >= 15 is 0 Å². The van der Waals surface area contributed by atoms with Crippen molar-refractivity contribution >= 4 is 17.2 Å². The van der Waals surface area contributed by atoms with Gasteiger partial charge < -0.3 is 9.88 Å². The summed E-state index contributed by atoms with van der Waals surface area (Å²) in [4.78, 5) is 27.4. The molecule has 2 heterocycles. The van der Waals surface area contributed by atoms with Gasteiger partial charge >= 0.3 is 4.87 Å². The third kappa shape index (κ3) is 3.54. The molecule has 2 aromatic heterocycles. The van der Waals surface area contributed by atoms with Gasteiger partial charge in [-0.15, -0.1) is 0 Å². The average molecular weight is 291 g/mol. The van der Waals surface area contributed by atoms with Crippen LogP contribution in [0.2, 0.25) is 0 Å². The zero-order chi connectivity index (χ0) is 14.5. The van der Waals surface area contributed by atoms with Crippen LogP contribution in [0.3, 0.4) is 0 Å². The molecule has 0 spiro atoms. The van der Waals surface area contributed by atoms with Crippen LogP contribution < -0.4 is 10.2 Å². The second kappa shape index (κ2) is 6.47. The van der Waals surface area contributed by atoms with Crippen molar-refractivity contribution in [1.29, 1.82) is 0 Å². The lowest BCUT2D eigenvalue weighted by atomic mass is 10.1. The van der Waals surface area contributed by atoms with Crippen LogP contribution >= 0.6 is 11.3 Å². The Morgan fingerprint density at radius 3 is 2.95 bits per heavy atom. The zero-order valence-electron chi connectivity index (χ0n) is 11.5. The summed E-state index contributed by atoms with van der Waals surface area (Å²) in [5.41, 5.74) is 1.86. The van der Waals surface area contributed by atoms with Gasteiger partial charge in [-0.1, -0.05) is 17.4 Å². The molecule has 5 nitrogen and oxygen atoms in total. The van der Waals surface area contributed by atoms with Crippen LogP contribution in [0, 0.1) is 6.92 Å². The highest BCUT2D eigenvalue weighted by Gasteiger charge is 2.10. The molecule has 6 heteroatoms. The summed E-state index contributed by atoms with van der Waals surface area (Å²) in [6.07, 6.45) is 3.73. The maximum absolute atomic E-state index is 11.9. The molecule has 20 heavy (non-hydrogen) atoms. The number of hydrogen-bond acceptors (Lipinski definition) is 4. The number of pyridine rings is 1. The van der Waals surface area contributed by atoms with Gasteiger partial charge in [-0.25, -0.2) is 0 Å². The molecule has 1 N–H and O–H groups in total. The third-order valence-electron chi connectivity index (χ3n) is 3.10. The van der Waals surface area contributed by atoms with E-state index in [1.807, 2.05) is 26.0 Å². The first-order valence-electron chi connectivity index (χ1n) is 6.42.